The third-order valence-corrected chi connectivity index (χ3v) is 14.3. The summed E-state index contributed by atoms with van der Waals surface area (Å²) in [5.41, 5.74) is 17.8. The first-order valence-electron chi connectivity index (χ1n) is 23.2. The van der Waals surface area contributed by atoms with Crippen molar-refractivity contribution >= 4 is 34.3 Å². The summed E-state index contributed by atoms with van der Waals surface area (Å²) in [6.07, 6.45) is 47.9. The summed E-state index contributed by atoms with van der Waals surface area (Å²) in [5.74, 6) is 0.874. The predicted molar refractivity (Wildman–Crippen MR) is 267 cm³/mol. The number of aliphatic imine (C=N–C) groups is 1. The SMILES string of the molecule is C=C/C(=C(\CCC)C1=Cc2c(-c3ccc(C4=N[C@@H]5c6nc(C7=CC=CCC=C7)ccc6C=CC5C=C4)cc3)nc3ccccc3c2C[C@@H]1C)C(C)(C1=CC=CCC1)C1C=CC=CC1. The average molecular weight is 820 g/mol. The molecular weight excluding hydrogens is 763 g/mol. The van der Waals surface area contributed by atoms with E-state index >= 15 is 0 Å². The molecular formula is C60H57N3. The van der Waals surface area contributed by atoms with E-state index in [-0.39, 0.29) is 17.4 Å². The van der Waals surface area contributed by atoms with E-state index in [9.17, 15) is 0 Å². The molecule has 6 aliphatic rings. The minimum atomic E-state index is -0.175. The Hall–Kier alpha value is -6.45. The molecule has 312 valence electrons. The van der Waals surface area contributed by atoms with Gasteiger partial charge in [0.15, 0.2) is 0 Å². The molecule has 0 saturated heterocycles. The van der Waals surface area contributed by atoms with E-state index in [1.165, 1.54) is 38.8 Å². The number of benzene rings is 2. The van der Waals surface area contributed by atoms with Crippen molar-refractivity contribution in [3.8, 4) is 11.3 Å². The van der Waals surface area contributed by atoms with E-state index in [1.54, 1.807) is 0 Å². The number of pyridine rings is 2. The van der Waals surface area contributed by atoms with Crippen molar-refractivity contribution < 1.29 is 0 Å². The highest BCUT2D eigenvalue weighted by molar-refractivity contribution is 6.09. The lowest BCUT2D eigenvalue weighted by molar-refractivity contribution is 0.339. The first kappa shape index (κ1) is 40.6. The van der Waals surface area contributed by atoms with Crippen LogP contribution in [0, 0.1) is 23.2 Å². The van der Waals surface area contributed by atoms with Crippen LogP contribution < -0.4 is 0 Å². The molecule has 0 fully saturated rings. The van der Waals surface area contributed by atoms with Crippen LogP contribution in [0.1, 0.15) is 99.0 Å². The van der Waals surface area contributed by atoms with Gasteiger partial charge in [-0.3, -0.25) is 4.99 Å². The second kappa shape index (κ2) is 17.4. The maximum Gasteiger partial charge on any atom is 0.103 e. The fourth-order valence-corrected chi connectivity index (χ4v) is 10.9. The largest absolute Gasteiger partial charge is 0.274 e. The third kappa shape index (κ3) is 7.52. The van der Waals surface area contributed by atoms with Gasteiger partial charge in [-0.05, 0) is 114 Å². The Kier molecular flexibility index (Phi) is 11.2. The fraction of sp³-hybridized carbons (Fsp3) is 0.250. The van der Waals surface area contributed by atoms with Crippen molar-refractivity contribution in [2.45, 2.75) is 71.8 Å². The molecule has 3 heterocycles. The van der Waals surface area contributed by atoms with Gasteiger partial charge in [0.05, 0.1) is 28.3 Å². The number of nitrogens with zero attached hydrogens (tertiary/aromatic N) is 3. The van der Waals surface area contributed by atoms with Crippen LogP contribution in [0.5, 0.6) is 0 Å². The minimum Gasteiger partial charge on any atom is -0.274 e. The van der Waals surface area contributed by atoms with Crippen LogP contribution in [0.15, 0.2) is 192 Å². The van der Waals surface area contributed by atoms with Crippen molar-refractivity contribution in [1.29, 1.82) is 0 Å². The van der Waals surface area contributed by atoms with E-state index in [4.69, 9.17) is 15.0 Å². The minimum absolute atomic E-state index is 0.0700. The fourth-order valence-electron chi connectivity index (χ4n) is 10.9. The topological polar surface area (TPSA) is 38.1 Å². The molecule has 0 spiro atoms. The van der Waals surface area contributed by atoms with Gasteiger partial charge < -0.3 is 0 Å². The Morgan fingerprint density at radius 3 is 2.49 bits per heavy atom. The number of hydrogen-bond donors (Lipinski definition) is 0. The Morgan fingerprint density at radius 1 is 0.841 bits per heavy atom. The number of aromatic nitrogens is 2. The molecule has 10 rings (SSSR count). The van der Waals surface area contributed by atoms with Gasteiger partial charge in [-0.2, -0.15) is 0 Å². The molecule has 2 aromatic carbocycles. The standard InChI is InChI=1S/C60H57N3/c1-5-19-48(53(6-2)60(4,46-22-13-9-14-23-46)47-24-15-10-16-25-47)50-39-52-51(38-40(50)3)49-26-17-18-27-56(49)63-57(52)43-30-28-42(29-31-43)55-37-35-45-33-32-44-34-36-54(61-58(44)59(45)62-55)41-20-11-7-8-12-21-41/h6-7,9-15,17-18,20-22,24,26-37,39-40,45-46,59H,2,5,8,16,19,23,25,38H2,1,3-4H3/b53-48-/t40-,45?,46?,59-,60?/m0/s1. The lowest BCUT2D eigenvalue weighted by atomic mass is 9.60. The van der Waals surface area contributed by atoms with E-state index < -0.39 is 0 Å². The normalized spacial score (nSPS) is 23.3. The van der Waals surface area contributed by atoms with Crippen molar-refractivity contribution in [3.63, 3.8) is 0 Å². The van der Waals surface area contributed by atoms with Gasteiger partial charge in [-0.25, -0.2) is 9.97 Å². The van der Waals surface area contributed by atoms with E-state index in [0.29, 0.717) is 11.8 Å². The summed E-state index contributed by atoms with van der Waals surface area (Å²) in [4.78, 5) is 16.1. The first-order valence-corrected chi connectivity index (χ1v) is 23.2. The molecule has 0 radical (unpaired) electrons. The highest BCUT2D eigenvalue weighted by Gasteiger charge is 2.41. The van der Waals surface area contributed by atoms with E-state index in [2.05, 4.69) is 197 Å². The van der Waals surface area contributed by atoms with Gasteiger partial charge >= 0.3 is 0 Å². The van der Waals surface area contributed by atoms with Gasteiger partial charge in [0.1, 0.15) is 6.04 Å². The molecule has 3 unspecified atom stereocenters. The van der Waals surface area contributed by atoms with Gasteiger partial charge in [-0.15, -0.1) is 0 Å². The molecule has 0 amide bonds. The Morgan fingerprint density at radius 2 is 1.68 bits per heavy atom. The van der Waals surface area contributed by atoms with Crippen LogP contribution in [-0.2, 0) is 6.42 Å². The van der Waals surface area contributed by atoms with Gasteiger partial charge in [0.2, 0.25) is 0 Å². The lowest BCUT2D eigenvalue weighted by Crippen LogP contribution is -2.33. The third-order valence-electron chi connectivity index (χ3n) is 14.3. The summed E-state index contributed by atoms with van der Waals surface area (Å²) in [7, 11) is 0. The Balaban J connectivity index is 1.06. The van der Waals surface area contributed by atoms with Crippen molar-refractivity contribution in [3.05, 3.63) is 220 Å². The number of hydrogen-bond acceptors (Lipinski definition) is 3. The monoisotopic (exact) mass is 819 g/mol. The molecule has 2 aromatic heterocycles. The molecule has 4 aromatic rings. The van der Waals surface area contributed by atoms with Gasteiger partial charge in [0.25, 0.3) is 0 Å². The zero-order valence-corrected chi connectivity index (χ0v) is 37.0. The number of fused-ring (bicyclic) bond motifs is 6. The highest BCUT2D eigenvalue weighted by atomic mass is 14.9. The van der Waals surface area contributed by atoms with Crippen molar-refractivity contribution in [2.75, 3.05) is 0 Å². The molecule has 3 heteroatoms. The number of para-hydroxylation sites is 1. The Bertz CT molecular complexity index is 2870. The number of dihydropyridines is 1. The summed E-state index contributed by atoms with van der Waals surface area (Å²) < 4.78 is 0. The molecule has 0 N–H and O–H groups in total. The van der Waals surface area contributed by atoms with Crippen LogP contribution in [-0.4, -0.2) is 15.7 Å². The highest BCUT2D eigenvalue weighted by Crippen LogP contribution is 2.52. The van der Waals surface area contributed by atoms with Gasteiger partial charge in [-0.1, -0.05) is 185 Å². The summed E-state index contributed by atoms with van der Waals surface area (Å²) >= 11 is 0. The molecule has 5 atom stereocenters. The quantitative estimate of drug-likeness (QED) is 0.150. The molecule has 5 aliphatic carbocycles. The number of rotatable bonds is 10. The Labute approximate surface area is 374 Å². The van der Waals surface area contributed by atoms with Crippen LogP contribution in [0.2, 0.25) is 0 Å². The maximum atomic E-state index is 5.47. The van der Waals surface area contributed by atoms with Crippen molar-refractivity contribution in [1.82, 2.24) is 9.97 Å². The summed E-state index contributed by atoms with van der Waals surface area (Å²) in [6.45, 7) is 11.8. The smallest absolute Gasteiger partial charge is 0.103 e. The van der Waals surface area contributed by atoms with Crippen molar-refractivity contribution in [2.24, 2.45) is 28.2 Å². The maximum absolute atomic E-state index is 5.47. The molecule has 1 aliphatic heterocycles. The molecule has 0 saturated carbocycles. The van der Waals surface area contributed by atoms with E-state index in [0.717, 1.165) is 95.5 Å². The summed E-state index contributed by atoms with van der Waals surface area (Å²) in [5, 5.41) is 1.25. The first-order chi connectivity index (χ1) is 30.9. The van der Waals surface area contributed by atoms with Gasteiger partial charge in [0, 0.05) is 27.8 Å². The zero-order chi connectivity index (χ0) is 42.9. The van der Waals surface area contributed by atoms with Crippen LogP contribution >= 0.6 is 0 Å². The summed E-state index contributed by atoms with van der Waals surface area (Å²) in [6, 6.07) is 22.0. The average Bonchev–Trinajstić information content (AvgIpc) is 3.64. The second-order valence-corrected chi connectivity index (χ2v) is 18.1. The molecule has 3 nitrogen and oxygen atoms in total. The van der Waals surface area contributed by atoms with Crippen LogP contribution in [0.4, 0.5) is 0 Å². The number of allylic oxidation sites excluding steroid dienone is 19. The molecule has 63 heavy (non-hydrogen) atoms. The van der Waals surface area contributed by atoms with E-state index in [1.807, 2.05) is 0 Å². The lowest BCUT2D eigenvalue weighted by Gasteiger charge is -2.43. The predicted octanol–water partition coefficient (Wildman–Crippen LogP) is 15.2. The molecule has 0 bridgehead atoms. The second-order valence-electron chi connectivity index (χ2n) is 18.1. The zero-order valence-electron chi connectivity index (χ0n) is 37.0. The van der Waals surface area contributed by atoms with Crippen LogP contribution in [0.3, 0.4) is 0 Å². The van der Waals surface area contributed by atoms with Crippen LogP contribution in [0.25, 0.3) is 39.9 Å².